The number of aromatic nitrogens is 1. The molecule has 4 aromatic carbocycles. The van der Waals surface area contributed by atoms with Crippen molar-refractivity contribution in [2.24, 2.45) is 40.5 Å². The van der Waals surface area contributed by atoms with Crippen molar-refractivity contribution in [2.75, 3.05) is 11.9 Å². The van der Waals surface area contributed by atoms with Crippen molar-refractivity contribution in [3.05, 3.63) is 245 Å². The van der Waals surface area contributed by atoms with Gasteiger partial charge in [-0.1, -0.05) is 197 Å². The topological polar surface area (TPSA) is 37.3 Å². The molecule has 0 saturated carbocycles. The minimum absolute atomic E-state index is 0.212. The molecule has 0 amide bonds. The van der Waals surface area contributed by atoms with Crippen LogP contribution in [0.15, 0.2) is 205 Å². The van der Waals surface area contributed by atoms with E-state index in [9.17, 15) is 0 Å². The van der Waals surface area contributed by atoms with Crippen molar-refractivity contribution in [2.45, 2.75) is 64.7 Å². The van der Waals surface area contributed by atoms with E-state index in [-0.39, 0.29) is 23.2 Å². The van der Waals surface area contributed by atoms with E-state index in [0.29, 0.717) is 23.7 Å². The van der Waals surface area contributed by atoms with Crippen molar-refractivity contribution in [1.82, 2.24) is 4.98 Å². The normalized spacial score (nSPS) is 24.6. The number of hydrogen-bond donors (Lipinski definition) is 1. The zero-order valence-corrected chi connectivity index (χ0v) is 40.1. The number of benzene rings is 4. The van der Waals surface area contributed by atoms with Gasteiger partial charge in [0, 0.05) is 53.1 Å². The highest BCUT2D eigenvalue weighted by Gasteiger charge is 2.53. The summed E-state index contributed by atoms with van der Waals surface area (Å²) >= 11 is 0. The molecule has 0 spiro atoms. The molecule has 5 aliphatic carbocycles. The van der Waals surface area contributed by atoms with Gasteiger partial charge in [-0.15, -0.1) is 0 Å². The van der Waals surface area contributed by atoms with Crippen LogP contribution < -0.4 is 5.32 Å². The number of nitrogens with one attached hydrogen (secondary N) is 1. The summed E-state index contributed by atoms with van der Waals surface area (Å²) in [7, 11) is 0. The number of pyridine rings is 1. The highest BCUT2D eigenvalue weighted by atomic mass is 14.9. The number of fused-ring (bicyclic) bond motifs is 8. The van der Waals surface area contributed by atoms with Crippen LogP contribution in [0.5, 0.6) is 0 Å². The second-order valence-electron chi connectivity index (χ2n) is 19.7. The molecule has 1 N–H and O–H groups in total. The van der Waals surface area contributed by atoms with Crippen LogP contribution >= 0.6 is 0 Å². The molecule has 3 heteroatoms. The molecule has 5 aromatic rings. The van der Waals surface area contributed by atoms with E-state index in [1.807, 2.05) is 12.2 Å². The number of aryl methyl sites for hydroxylation is 2. The lowest BCUT2D eigenvalue weighted by Gasteiger charge is -2.39. The summed E-state index contributed by atoms with van der Waals surface area (Å²) in [5.74, 6) is 2.18. The standard InChI is InChI=1S/C65H63N3/c1-6-9-19-50-41-67-63(58-39-57-54-25-16-17-26-59(54)65(60(57)40-56(50)58,51-21-12-10-13-22-51)52-23-14-11-15-24-52)44(7-2)36-43(5)47-31-29-45-30-32-48-37-49(33-34-53(48)55(45)38-47)61(8-3)68-62-42(4)27-28-46-20-18-35-66-64(46)62/h6,9-17,19,21-34,36-41,43,45,48,53-55,59,66H,1,7-8,18,20,35H2,2-5H3/b19-9-,44-36+,68-61+. The molecule has 68 heavy (non-hydrogen) atoms. The summed E-state index contributed by atoms with van der Waals surface area (Å²) in [6.45, 7) is 14.1. The Morgan fingerprint density at radius 1 is 0.838 bits per heavy atom. The molecule has 0 fully saturated rings. The molecule has 0 saturated heterocycles. The molecule has 6 aliphatic rings. The summed E-state index contributed by atoms with van der Waals surface area (Å²) in [5, 5.41) is 6.12. The molecule has 7 atom stereocenters. The van der Waals surface area contributed by atoms with E-state index in [1.165, 1.54) is 78.7 Å². The summed E-state index contributed by atoms with van der Waals surface area (Å²) < 4.78 is 0. The maximum Gasteiger partial charge on any atom is 0.0896 e. The van der Waals surface area contributed by atoms with Crippen molar-refractivity contribution < 1.29 is 0 Å². The lowest BCUT2D eigenvalue weighted by Crippen LogP contribution is -2.35. The largest absolute Gasteiger partial charge is 0.383 e. The molecular formula is C65H63N3. The van der Waals surface area contributed by atoms with Crippen LogP contribution in [-0.4, -0.2) is 17.2 Å². The molecule has 1 aromatic heterocycles. The first-order valence-corrected chi connectivity index (χ1v) is 25.3. The smallest absolute Gasteiger partial charge is 0.0896 e. The van der Waals surface area contributed by atoms with Crippen LogP contribution in [-0.2, 0) is 11.8 Å². The van der Waals surface area contributed by atoms with Gasteiger partial charge in [0.05, 0.1) is 22.5 Å². The van der Waals surface area contributed by atoms with Crippen LogP contribution in [0.4, 0.5) is 11.4 Å². The van der Waals surface area contributed by atoms with Gasteiger partial charge < -0.3 is 5.32 Å². The number of allylic oxidation sites excluding steroid dienone is 18. The fourth-order valence-corrected chi connectivity index (χ4v) is 12.6. The minimum Gasteiger partial charge on any atom is -0.383 e. The Labute approximate surface area is 404 Å². The van der Waals surface area contributed by atoms with Crippen molar-refractivity contribution in [3.63, 3.8) is 0 Å². The first kappa shape index (κ1) is 43.7. The van der Waals surface area contributed by atoms with Gasteiger partial charge in [0.1, 0.15) is 0 Å². The van der Waals surface area contributed by atoms with Crippen molar-refractivity contribution in [1.29, 1.82) is 0 Å². The van der Waals surface area contributed by atoms with E-state index in [4.69, 9.17) is 9.98 Å². The zero-order valence-electron chi connectivity index (χ0n) is 40.1. The molecule has 2 heterocycles. The predicted octanol–water partition coefficient (Wildman–Crippen LogP) is 15.9. The number of rotatable bonds is 11. The molecule has 1 aliphatic heterocycles. The third-order valence-corrected chi connectivity index (χ3v) is 16.0. The average molecular weight is 886 g/mol. The average Bonchev–Trinajstić information content (AvgIpc) is 3.68. The maximum atomic E-state index is 5.39. The molecule has 0 radical (unpaired) electrons. The van der Waals surface area contributed by atoms with E-state index in [0.717, 1.165) is 42.8 Å². The number of aliphatic imine (C=N–C) groups is 1. The van der Waals surface area contributed by atoms with Gasteiger partial charge in [0.2, 0.25) is 0 Å². The molecule has 0 bridgehead atoms. The molecule has 7 unspecified atom stereocenters. The van der Waals surface area contributed by atoms with Gasteiger partial charge in [0.15, 0.2) is 0 Å². The number of nitrogens with zero attached hydrogens (tertiary/aromatic N) is 2. The van der Waals surface area contributed by atoms with Crippen molar-refractivity contribution >= 4 is 39.5 Å². The molecule has 338 valence electrons. The molecule has 3 nitrogen and oxygen atoms in total. The van der Waals surface area contributed by atoms with Gasteiger partial charge in [-0.05, 0) is 118 Å². The Kier molecular flexibility index (Phi) is 11.8. The first-order chi connectivity index (χ1) is 33.4. The fourth-order valence-electron chi connectivity index (χ4n) is 12.6. The molecular weight excluding hydrogens is 823 g/mol. The summed E-state index contributed by atoms with van der Waals surface area (Å²) in [4.78, 5) is 10.7. The van der Waals surface area contributed by atoms with Gasteiger partial charge in [0.25, 0.3) is 0 Å². The van der Waals surface area contributed by atoms with E-state index in [1.54, 1.807) is 0 Å². The lowest BCUT2D eigenvalue weighted by atomic mass is 9.63. The second kappa shape index (κ2) is 18.3. The third kappa shape index (κ3) is 7.43. The maximum absolute atomic E-state index is 5.39. The van der Waals surface area contributed by atoms with Crippen LogP contribution in [0.1, 0.15) is 90.6 Å². The Balaban J connectivity index is 0.951. The Morgan fingerprint density at radius 3 is 2.38 bits per heavy atom. The Bertz CT molecular complexity index is 3070. The fraction of sp³-hybridized carbons (Fsp3) is 0.262. The van der Waals surface area contributed by atoms with Crippen LogP contribution in [0.25, 0.3) is 22.4 Å². The van der Waals surface area contributed by atoms with E-state index >= 15 is 0 Å². The van der Waals surface area contributed by atoms with E-state index < -0.39 is 0 Å². The van der Waals surface area contributed by atoms with Gasteiger partial charge in [-0.25, -0.2) is 0 Å². The quantitative estimate of drug-likeness (QED) is 0.0815. The van der Waals surface area contributed by atoms with Gasteiger partial charge >= 0.3 is 0 Å². The Hall–Kier alpha value is -6.84. The minimum atomic E-state index is -0.362. The summed E-state index contributed by atoms with van der Waals surface area (Å²) in [5.41, 5.74) is 17.3. The summed E-state index contributed by atoms with van der Waals surface area (Å²) in [6, 6.07) is 32.0. The molecule has 11 rings (SSSR count). The summed E-state index contributed by atoms with van der Waals surface area (Å²) in [6.07, 6.45) is 43.8. The second-order valence-corrected chi connectivity index (χ2v) is 19.7. The predicted molar refractivity (Wildman–Crippen MR) is 289 cm³/mol. The number of hydrogen-bond acceptors (Lipinski definition) is 3. The van der Waals surface area contributed by atoms with Crippen LogP contribution in [0.2, 0.25) is 0 Å². The monoisotopic (exact) mass is 886 g/mol. The Morgan fingerprint density at radius 2 is 1.62 bits per heavy atom. The van der Waals surface area contributed by atoms with Crippen molar-refractivity contribution in [3.8, 4) is 0 Å². The van der Waals surface area contributed by atoms with Crippen LogP contribution in [0.3, 0.4) is 0 Å². The van der Waals surface area contributed by atoms with Crippen LogP contribution in [0, 0.1) is 42.4 Å². The first-order valence-electron chi connectivity index (χ1n) is 25.3. The SMILES string of the molecule is C=C/C=C\c1cnc(/C(=C/C(C)C2=CC3C(C=C2)C=CC2C=C(/C(CC)=N/c4c(C)ccc5c4NCCC5)C=CC23)CC)c2cc3c(cc12)C(c1ccccc1)(c1ccccc1)C1C=CC=CC31. The van der Waals surface area contributed by atoms with Gasteiger partial charge in [-0.3, -0.25) is 9.98 Å². The number of anilines is 1. The zero-order chi connectivity index (χ0) is 46.4. The van der Waals surface area contributed by atoms with Gasteiger partial charge in [-0.2, -0.15) is 0 Å². The lowest BCUT2D eigenvalue weighted by molar-refractivity contribution is 0.344. The van der Waals surface area contributed by atoms with E-state index in [2.05, 4.69) is 216 Å². The third-order valence-electron chi connectivity index (χ3n) is 16.0. The highest BCUT2D eigenvalue weighted by molar-refractivity contribution is 6.05. The highest BCUT2D eigenvalue weighted by Crippen LogP contribution is 2.60.